The van der Waals surface area contributed by atoms with Crippen molar-refractivity contribution in [2.24, 2.45) is 0 Å². The van der Waals surface area contributed by atoms with Gasteiger partial charge in [0.25, 0.3) is 11.8 Å². The highest BCUT2D eigenvalue weighted by molar-refractivity contribution is 6.39. The Morgan fingerprint density at radius 1 is 0.943 bits per heavy atom. The van der Waals surface area contributed by atoms with Crippen LogP contribution in [-0.2, 0) is 16.2 Å². The molecule has 0 aromatic heterocycles. The summed E-state index contributed by atoms with van der Waals surface area (Å²) in [6.07, 6.45) is 1.42. The van der Waals surface area contributed by atoms with Crippen molar-refractivity contribution in [3.8, 4) is 11.5 Å². The van der Waals surface area contributed by atoms with Gasteiger partial charge in [-0.1, -0.05) is 41.9 Å². The number of barbiturate groups is 1. The van der Waals surface area contributed by atoms with Crippen LogP contribution in [0, 0.1) is 13.8 Å². The molecule has 0 spiro atoms. The van der Waals surface area contributed by atoms with E-state index in [9.17, 15) is 14.4 Å². The molecule has 4 rings (SSSR count). The molecule has 1 heterocycles. The van der Waals surface area contributed by atoms with E-state index in [1.54, 1.807) is 43.3 Å². The first-order valence-corrected chi connectivity index (χ1v) is 11.2. The highest BCUT2D eigenvalue weighted by Gasteiger charge is 2.37. The summed E-state index contributed by atoms with van der Waals surface area (Å²) in [7, 11) is 1.50. The molecule has 7 nitrogen and oxygen atoms in total. The quantitative estimate of drug-likeness (QED) is 0.378. The average molecular weight is 491 g/mol. The Morgan fingerprint density at radius 2 is 1.69 bits per heavy atom. The van der Waals surface area contributed by atoms with Crippen LogP contribution in [0.4, 0.5) is 10.5 Å². The highest BCUT2D eigenvalue weighted by Crippen LogP contribution is 2.31. The topological polar surface area (TPSA) is 84.9 Å². The number of aryl methyl sites for hydroxylation is 2. The summed E-state index contributed by atoms with van der Waals surface area (Å²) in [6, 6.07) is 17.0. The summed E-state index contributed by atoms with van der Waals surface area (Å²) in [5.41, 5.74) is 3.35. The van der Waals surface area contributed by atoms with Gasteiger partial charge in [-0.05, 0) is 72.5 Å². The third-order valence-electron chi connectivity index (χ3n) is 5.51. The summed E-state index contributed by atoms with van der Waals surface area (Å²) >= 11 is 5.92. The third kappa shape index (κ3) is 5.20. The van der Waals surface area contributed by atoms with Crippen molar-refractivity contribution in [1.82, 2.24) is 5.32 Å². The molecule has 3 aromatic carbocycles. The minimum atomic E-state index is -0.783. The number of benzene rings is 3. The molecule has 0 saturated carbocycles. The van der Waals surface area contributed by atoms with Gasteiger partial charge in [-0.15, -0.1) is 0 Å². The number of carbonyl (C=O) groups excluding carboxylic acids is 3. The van der Waals surface area contributed by atoms with Gasteiger partial charge in [-0.3, -0.25) is 14.9 Å². The van der Waals surface area contributed by atoms with E-state index in [1.165, 1.54) is 13.2 Å². The predicted molar refractivity (Wildman–Crippen MR) is 134 cm³/mol. The number of amides is 4. The number of nitrogens with zero attached hydrogens (tertiary/aromatic N) is 1. The number of urea groups is 1. The van der Waals surface area contributed by atoms with Crippen LogP contribution in [0.5, 0.6) is 11.5 Å². The number of halogens is 1. The zero-order valence-electron chi connectivity index (χ0n) is 19.4. The van der Waals surface area contributed by atoms with Crippen LogP contribution < -0.4 is 19.7 Å². The predicted octanol–water partition coefficient (Wildman–Crippen LogP) is 5.21. The maximum absolute atomic E-state index is 13.2. The standard InChI is InChI=1S/C27H23ClN2O5/c1-16-4-5-17(2)22(12-16)30-26(32)21(25(31)29-27(30)33)13-19-8-11-23(24(14-19)34-3)35-15-18-6-9-20(28)10-7-18/h4-14H,15H2,1-3H3,(H,29,31,33)/b21-13+. The molecule has 1 saturated heterocycles. The van der Waals surface area contributed by atoms with Crippen molar-refractivity contribution in [3.05, 3.63) is 93.5 Å². The molecule has 1 aliphatic heterocycles. The van der Waals surface area contributed by atoms with E-state index >= 15 is 0 Å². The number of hydrogen-bond donors (Lipinski definition) is 1. The third-order valence-corrected chi connectivity index (χ3v) is 5.77. The van der Waals surface area contributed by atoms with Gasteiger partial charge in [-0.2, -0.15) is 0 Å². The van der Waals surface area contributed by atoms with Crippen molar-refractivity contribution < 1.29 is 23.9 Å². The first-order valence-electron chi connectivity index (χ1n) is 10.8. The molecule has 8 heteroatoms. The first kappa shape index (κ1) is 24.0. The van der Waals surface area contributed by atoms with Crippen LogP contribution in [-0.4, -0.2) is 25.0 Å². The number of carbonyl (C=O) groups is 3. The zero-order chi connectivity index (χ0) is 25.1. The monoisotopic (exact) mass is 490 g/mol. The van der Waals surface area contributed by atoms with E-state index in [2.05, 4.69) is 5.32 Å². The smallest absolute Gasteiger partial charge is 0.335 e. The molecule has 0 radical (unpaired) electrons. The summed E-state index contributed by atoms with van der Waals surface area (Å²) in [5.74, 6) is -0.534. The lowest BCUT2D eigenvalue weighted by Crippen LogP contribution is -2.54. The van der Waals surface area contributed by atoms with E-state index in [1.807, 2.05) is 31.2 Å². The molecule has 0 bridgehead atoms. The van der Waals surface area contributed by atoms with E-state index < -0.39 is 17.8 Å². The largest absolute Gasteiger partial charge is 0.493 e. The van der Waals surface area contributed by atoms with E-state index in [4.69, 9.17) is 21.1 Å². The molecule has 0 unspecified atom stereocenters. The number of hydrogen-bond acceptors (Lipinski definition) is 5. The summed E-state index contributed by atoms with van der Waals surface area (Å²) in [6.45, 7) is 3.96. The maximum atomic E-state index is 13.2. The minimum Gasteiger partial charge on any atom is -0.493 e. The normalized spacial score (nSPS) is 14.8. The van der Waals surface area contributed by atoms with Crippen molar-refractivity contribution in [1.29, 1.82) is 0 Å². The molecule has 1 N–H and O–H groups in total. The molecule has 35 heavy (non-hydrogen) atoms. The summed E-state index contributed by atoms with van der Waals surface area (Å²) in [5, 5.41) is 2.89. The SMILES string of the molecule is COc1cc(/C=C2\C(=O)NC(=O)N(c3cc(C)ccc3C)C2=O)ccc1OCc1ccc(Cl)cc1. The van der Waals surface area contributed by atoms with Crippen molar-refractivity contribution in [3.63, 3.8) is 0 Å². The fraction of sp³-hybridized carbons (Fsp3) is 0.148. The van der Waals surface area contributed by atoms with Gasteiger partial charge in [0, 0.05) is 5.02 Å². The van der Waals surface area contributed by atoms with Crippen molar-refractivity contribution >= 4 is 41.2 Å². The number of nitrogens with one attached hydrogen (secondary N) is 1. The molecule has 178 valence electrons. The molecule has 4 amide bonds. The van der Waals surface area contributed by atoms with Gasteiger partial charge in [0.05, 0.1) is 12.8 Å². The van der Waals surface area contributed by atoms with Crippen LogP contribution in [0.25, 0.3) is 6.08 Å². The average Bonchev–Trinajstić information content (AvgIpc) is 2.83. The molecule has 1 fully saturated rings. The zero-order valence-corrected chi connectivity index (χ0v) is 20.2. The Kier molecular flexibility index (Phi) is 6.89. The van der Waals surface area contributed by atoms with Crippen molar-refractivity contribution in [2.45, 2.75) is 20.5 Å². The van der Waals surface area contributed by atoms with E-state index in [0.717, 1.165) is 21.6 Å². The Balaban J connectivity index is 1.61. The number of ether oxygens (including phenoxy) is 2. The van der Waals surface area contributed by atoms with Crippen LogP contribution in [0.1, 0.15) is 22.3 Å². The van der Waals surface area contributed by atoms with Crippen LogP contribution in [0.15, 0.2) is 66.2 Å². The molecule has 1 aliphatic rings. The Bertz CT molecular complexity index is 1350. The van der Waals surface area contributed by atoms with Gasteiger partial charge in [-0.25, -0.2) is 9.69 Å². The summed E-state index contributed by atoms with van der Waals surface area (Å²) in [4.78, 5) is 39.3. The number of imide groups is 2. The maximum Gasteiger partial charge on any atom is 0.335 e. The van der Waals surface area contributed by atoms with Crippen LogP contribution in [0.2, 0.25) is 5.02 Å². The fourth-order valence-corrected chi connectivity index (χ4v) is 3.76. The molecule has 0 atom stereocenters. The lowest BCUT2D eigenvalue weighted by Gasteiger charge is -2.27. The van der Waals surface area contributed by atoms with Crippen LogP contribution in [0.3, 0.4) is 0 Å². The lowest BCUT2D eigenvalue weighted by atomic mass is 10.0. The highest BCUT2D eigenvalue weighted by atomic mass is 35.5. The second-order valence-electron chi connectivity index (χ2n) is 8.07. The van der Waals surface area contributed by atoms with Gasteiger partial charge < -0.3 is 9.47 Å². The number of rotatable bonds is 6. The summed E-state index contributed by atoms with van der Waals surface area (Å²) < 4.78 is 11.3. The fourth-order valence-electron chi connectivity index (χ4n) is 3.64. The van der Waals surface area contributed by atoms with Gasteiger partial charge in [0.2, 0.25) is 0 Å². The molecule has 0 aliphatic carbocycles. The minimum absolute atomic E-state index is 0.164. The number of methoxy groups -OCH3 is 1. The Morgan fingerprint density at radius 3 is 2.40 bits per heavy atom. The Labute approximate surface area is 207 Å². The number of anilines is 1. The molecular weight excluding hydrogens is 468 g/mol. The van der Waals surface area contributed by atoms with Crippen LogP contribution >= 0.6 is 11.6 Å². The van der Waals surface area contributed by atoms with E-state index in [-0.39, 0.29) is 5.57 Å². The second kappa shape index (κ2) is 10.0. The first-order chi connectivity index (χ1) is 16.8. The van der Waals surface area contributed by atoms with Gasteiger partial charge in [0.15, 0.2) is 11.5 Å². The second-order valence-corrected chi connectivity index (χ2v) is 8.51. The molecular formula is C27H23ClN2O5. The van der Waals surface area contributed by atoms with Gasteiger partial charge in [0.1, 0.15) is 12.2 Å². The van der Waals surface area contributed by atoms with Gasteiger partial charge >= 0.3 is 6.03 Å². The Hall–Kier alpha value is -4.10. The van der Waals surface area contributed by atoms with E-state index in [0.29, 0.717) is 34.4 Å². The molecule has 3 aromatic rings. The van der Waals surface area contributed by atoms with Crippen molar-refractivity contribution in [2.75, 3.05) is 12.0 Å². The lowest BCUT2D eigenvalue weighted by molar-refractivity contribution is -0.122.